The van der Waals surface area contributed by atoms with E-state index in [2.05, 4.69) is 5.16 Å². The Hall–Kier alpha value is -1.89. The van der Waals surface area contributed by atoms with Crippen LogP contribution in [0, 0.1) is 6.92 Å². The van der Waals surface area contributed by atoms with E-state index in [4.69, 9.17) is 14.4 Å². The summed E-state index contributed by atoms with van der Waals surface area (Å²) in [7, 11) is 0. The number of carbonyl (C=O) groups excluding carboxylic acids is 1. The van der Waals surface area contributed by atoms with Gasteiger partial charge in [0.15, 0.2) is 6.04 Å². The minimum atomic E-state index is -1.08. The second kappa shape index (κ2) is 4.54. The molecule has 17 heavy (non-hydrogen) atoms. The lowest BCUT2D eigenvalue weighted by atomic mass is 10.1. The zero-order chi connectivity index (χ0) is 12.4. The van der Waals surface area contributed by atoms with Crippen molar-refractivity contribution in [3.63, 3.8) is 0 Å². The first-order valence-electron chi connectivity index (χ1n) is 5.14. The molecule has 1 aromatic rings. The van der Waals surface area contributed by atoms with Crippen molar-refractivity contribution in [3.8, 4) is 0 Å². The number of ether oxygens (including phenoxy) is 1. The van der Waals surface area contributed by atoms with Crippen LogP contribution < -0.4 is 0 Å². The summed E-state index contributed by atoms with van der Waals surface area (Å²) in [6.07, 6.45) is 1.30. The van der Waals surface area contributed by atoms with Crippen LogP contribution in [0.2, 0.25) is 0 Å². The molecule has 0 spiro atoms. The Morgan fingerprint density at radius 3 is 2.94 bits per heavy atom. The smallest absolute Gasteiger partial charge is 0.328 e. The van der Waals surface area contributed by atoms with Crippen LogP contribution >= 0.6 is 0 Å². The Bertz CT molecular complexity index is 442. The lowest BCUT2D eigenvalue weighted by Gasteiger charge is -2.32. The van der Waals surface area contributed by atoms with Gasteiger partial charge >= 0.3 is 5.97 Å². The van der Waals surface area contributed by atoms with Crippen LogP contribution in [0.15, 0.2) is 10.7 Å². The van der Waals surface area contributed by atoms with Gasteiger partial charge in [0.25, 0.3) is 5.91 Å². The van der Waals surface area contributed by atoms with Gasteiger partial charge in [-0.1, -0.05) is 5.16 Å². The van der Waals surface area contributed by atoms with Crippen molar-refractivity contribution in [2.45, 2.75) is 13.0 Å². The Labute approximate surface area is 96.9 Å². The number of hydrogen-bond acceptors (Lipinski definition) is 5. The molecule has 1 atom stereocenters. The molecule has 1 aliphatic rings. The zero-order valence-corrected chi connectivity index (χ0v) is 9.25. The maximum Gasteiger partial charge on any atom is 0.328 e. The van der Waals surface area contributed by atoms with Crippen LogP contribution in [0.25, 0.3) is 0 Å². The summed E-state index contributed by atoms with van der Waals surface area (Å²) in [5.74, 6) is -1.09. The quantitative estimate of drug-likeness (QED) is 0.776. The molecule has 1 aromatic heterocycles. The fraction of sp³-hybridized carbons (Fsp3) is 0.500. The number of aromatic nitrogens is 1. The number of nitrogens with zero attached hydrogens (tertiary/aromatic N) is 2. The maximum absolute atomic E-state index is 12.1. The van der Waals surface area contributed by atoms with Gasteiger partial charge in [0.05, 0.1) is 19.4 Å². The molecule has 0 aromatic carbocycles. The van der Waals surface area contributed by atoms with Crippen molar-refractivity contribution in [2.75, 3.05) is 19.8 Å². The highest BCUT2D eigenvalue weighted by Gasteiger charge is 2.34. The standard InChI is InChI=1S/C10H12N2O5/c1-6-7(4-11-17-6)9(13)12-2-3-16-5-8(12)10(14)15/h4,8H,2-3,5H2,1H3,(H,14,15). The Kier molecular flexibility index (Phi) is 3.10. The molecule has 1 amide bonds. The van der Waals surface area contributed by atoms with E-state index in [0.717, 1.165) is 0 Å². The normalized spacial score (nSPS) is 20.3. The van der Waals surface area contributed by atoms with Crippen LogP contribution in [0.3, 0.4) is 0 Å². The van der Waals surface area contributed by atoms with Crippen LogP contribution in [0.4, 0.5) is 0 Å². The second-order valence-corrected chi connectivity index (χ2v) is 3.72. The summed E-state index contributed by atoms with van der Waals surface area (Å²) in [5, 5.41) is 12.5. The fourth-order valence-corrected chi connectivity index (χ4v) is 1.71. The number of carbonyl (C=O) groups is 2. The minimum absolute atomic E-state index is 0.00536. The molecule has 1 unspecified atom stereocenters. The van der Waals surface area contributed by atoms with Gasteiger partial charge in [0.1, 0.15) is 11.3 Å². The summed E-state index contributed by atoms with van der Waals surface area (Å²) >= 11 is 0. The van der Waals surface area contributed by atoms with Gasteiger partial charge in [-0.15, -0.1) is 0 Å². The average Bonchev–Trinajstić information content (AvgIpc) is 2.74. The first kappa shape index (κ1) is 11.6. The maximum atomic E-state index is 12.1. The van der Waals surface area contributed by atoms with E-state index in [9.17, 15) is 9.59 Å². The molecule has 7 heteroatoms. The van der Waals surface area contributed by atoms with Gasteiger partial charge in [-0.05, 0) is 6.92 Å². The minimum Gasteiger partial charge on any atom is -0.480 e. The SMILES string of the molecule is Cc1oncc1C(=O)N1CCOCC1C(=O)O. The number of aliphatic carboxylic acids is 1. The summed E-state index contributed by atoms with van der Waals surface area (Å²) < 4.78 is 9.85. The molecule has 0 aliphatic carbocycles. The third kappa shape index (κ3) is 2.14. The topological polar surface area (TPSA) is 92.9 Å². The molecule has 1 saturated heterocycles. The van der Waals surface area contributed by atoms with Crippen LogP contribution in [0.1, 0.15) is 16.1 Å². The van der Waals surface area contributed by atoms with Crippen molar-refractivity contribution in [2.24, 2.45) is 0 Å². The molecule has 2 rings (SSSR count). The van der Waals surface area contributed by atoms with Crippen molar-refractivity contribution in [3.05, 3.63) is 17.5 Å². The number of morpholine rings is 1. The van der Waals surface area contributed by atoms with E-state index in [1.165, 1.54) is 11.1 Å². The van der Waals surface area contributed by atoms with Gasteiger partial charge < -0.3 is 19.3 Å². The average molecular weight is 240 g/mol. The van der Waals surface area contributed by atoms with Gasteiger partial charge in [-0.25, -0.2) is 4.79 Å². The summed E-state index contributed by atoms with van der Waals surface area (Å²) in [4.78, 5) is 24.4. The van der Waals surface area contributed by atoms with E-state index in [1.807, 2.05) is 0 Å². The van der Waals surface area contributed by atoms with Gasteiger partial charge in [-0.3, -0.25) is 4.79 Å². The number of carboxylic acids is 1. The van der Waals surface area contributed by atoms with Crippen molar-refractivity contribution >= 4 is 11.9 Å². The third-order valence-corrected chi connectivity index (χ3v) is 2.66. The Balaban J connectivity index is 2.23. The second-order valence-electron chi connectivity index (χ2n) is 3.72. The molecule has 0 saturated carbocycles. The number of rotatable bonds is 2. The molecule has 0 radical (unpaired) electrons. The van der Waals surface area contributed by atoms with Gasteiger partial charge in [-0.2, -0.15) is 0 Å². The molecule has 7 nitrogen and oxygen atoms in total. The molecule has 0 bridgehead atoms. The summed E-state index contributed by atoms with van der Waals surface area (Å²) in [6.45, 7) is 2.20. The first-order valence-corrected chi connectivity index (χ1v) is 5.14. The molecule has 1 fully saturated rings. The molecule has 2 heterocycles. The Morgan fingerprint density at radius 1 is 1.59 bits per heavy atom. The van der Waals surface area contributed by atoms with Gasteiger partial charge in [0.2, 0.25) is 0 Å². The van der Waals surface area contributed by atoms with Crippen LogP contribution in [-0.2, 0) is 9.53 Å². The number of hydrogen-bond donors (Lipinski definition) is 1. The highest BCUT2D eigenvalue weighted by atomic mass is 16.5. The molecule has 1 N–H and O–H groups in total. The largest absolute Gasteiger partial charge is 0.480 e. The van der Waals surface area contributed by atoms with E-state index >= 15 is 0 Å². The summed E-state index contributed by atoms with van der Waals surface area (Å²) in [5.41, 5.74) is 0.290. The fourth-order valence-electron chi connectivity index (χ4n) is 1.71. The van der Waals surface area contributed by atoms with Gasteiger partial charge in [0, 0.05) is 6.54 Å². The molecular weight excluding hydrogens is 228 g/mol. The Morgan fingerprint density at radius 2 is 2.35 bits per heavy atom. The zero-order valence-electron chi connectivity index (χ0n) is 9.25. The first-order chi connectivity index (χ1) is 8.11. The number of amides is 1. The predicted molar refractivity (Wildman–Crippen MR) is 54.5 cm³/mol. The highest BCUT2D eigenvalue weighted by molar-refractivity contribution is 5.97. The van der Waals surface area contributed by atoms with Crippen LogP contribution in [0.5, 0.6) is 0 Å². The number of aryl methyl sites for hydroxylation is 1. The van der Waals surface area contributed by atoms with Crippen LogP contribution in [-0.4, -0.2) is 52.8 Å². The van der Waals surface area contributed by atoms with Crippen molar-refractivity contribution in [1.82, 2.24) is 10.1 Å². The van der Waals surface area contributed by atoms with Crippen molar-refractivity contribution < 1.29 is 24.0 Å². The van der Waals surface area contributed by atoms with E-state index in [0.29, 0.717) is 12.4 Å². The van der Waals surface area contributed by atoms with Crippen molar-refractivity contribution in [1.29, 1.82) is 0 Å². The lowest BCUT2D eigenvalue weighted by Crippen LogP contribution is -2.52. The monoisotopic (exact) mass is 240 g/mol. The van der Waals surface area contributed by atoms with E-state index < -0.39 is 12.0 Å². The predicted octanol–water partition coefficient (Wildman–Crippen LogP) is -0.0914. The molecule has 92 valence electrons. The van der Waals surface area contributed by atoms with E-state index in [1.54, 1.807) is 6.92 Å². The highest BCUT2D eigenvalue weighted by Crippen LogP contribution is 2.15. The lowest BCUT2D eigenvalue weighted by molar-refractivity contribution is -0.147. The summed E-state index contributed by atoms with van der Waals surface area (Å²) in [6, 6.07) is -0.953. The number of carboxylic acid groups (broad SMARTS) is 1. The third-order valence-electron chi connectivity index (χ3n) is 2.66. The molecule has 1 aliphatic heterocycles. The van der Waals surface area contributed by atoms with E-state index in [-0.39, 0.29) is 24.6 Å². The molecular formula is C10H12N2O5.